The lowest BCUT2D eigenvalue weighted by atomic mass is 10.2. The Morgan fingerprint density at radius 2 is 1.91 bits per heavy atom. The summed E-state index contributed by atoms with van der Waals surface area (Å²) in [7, 11) is 0. The highest BCUT2D eigenvalue weighted by Gasteiger charge is 2.12. The molecule has 0 aliphatic heterocycles. The number of hydrogen-bond donors (Lipinski definition) is 2. The highest BCUT2D eigenvalue weighted by atomic mass is 16.5. The summed E-state index contributed by atoms with van der Waals surface area (Å²) in [6.45, 7) is 5.40. The van der Waals surface area contributed by atoms with E-state index in [1.165, 1.54) is 12.8 Å². The smallest absolute Gasteiger partial charge is 0.222 e. The molecular weight excluding hydrogens is 276 g/mol. The van der Waals surface area contributed by atoms with Crippen LogP contribution in [0, 0.1) is 6.92 Å². The highest BCUT2D eigenvalue weighted by molar-refractivity contribution is 5.54. The van der Waals surface area contributed by atoms with Crippen molar-refractivity contribution in [1.29, 1.82) is 0 Å². The monoisotopic (exact) mass is 300 g/mol. The Morgan fingerprint density at radius 3 is 2.64 bits per heavy atom. The summed E-state index contributed by atoms with van der Waals surface area (Å²) in [4.78, 5) is 8.47. The summed E-state index contributed by atoms with van der Waals surface area (Å²) < 4.78 is 5.92. The average molecular weight is 300 g/mol. The lowest BCUT2D eigenvalue weighted by molar-refractivity contribution is 0.303. The summed E-state index contributed by atoms with van der Waals surface area (Å²) in [5, 5.41) is 3.31. The predicted octanol–water partition coefficient (Wildman–Crippen LogP) is 3.55. The quantitative estimate of drug-likeness (QED) is 0.729. The molecule has 0 unspecified atom stereocenters. The first kappa shape index (κ1) is 16.1. The molecule has 0 saturated carbocycles. The fourth-order valence-corrected chi connectivity index (χ4v) is 2.19. The van der Waals surface area contributed by atoms with Crippen molar-refractivity contribution in [3.05, 3.63) is 41.6 Å². The molecule has 2 rings (SSSR count). The first-order valence-electron chi connectivity index (χ1n) is 7.75. The first-order chi connectivity index (χ1) is 10.7. The topological polar surface area (TPSA) is 73.1 Å². The number of nitrogens with two attached hydrogens (primary N) is 1. The van der Waals surface area contributed by atoms with Crippen LogP contribution in [0.25, 0.3) is 0 Å². The zero-order valence-electron chi connectivity index (χ0n) is 13.3. The maximum Gasteiger partial charge on any atom is 0.222 e. The number of benzene rings is 1. The van der Waals surface area contributed by atoms with E-state index in [0.29, 0.717) is 18.2 Å². The molecule has 1 heterocycles. The number of nitrogens with zero attached hydrogens (tertiary/aromatic N) is 2. The van der Waals surface area contributed by atoms with E-state index in [9.17, 15) is 0 Å². The standard InChI is InChI=1S/C17H24N4O/c1-3-4-8-11-19-16-15(13(2)20-17(18)21-16)22-12-14-9-6-5-7-10-14/h5-7,9-10H,3-4,8,11-12H2,1-2H3,(H3,18,19,20,21). The number of nitrogens with one attached hydrogen (secondary N) is 1. The SMILES string of the molecule is CCCCCNc1nc(N)nc(C)c1OCc1ccccc1. The third-order valence-electron chi connectivity index (χ3n) is 3.35. The van der Waals surface area contributed by atoms with Crippen molar-refractivity contribution in [3.8, 4) is 5.75 Å². The van der Waals surface area contributed by atoms with Crippen molar-refractivity contribution in [2.45, 2.75) is 39.7 Å². The van der Waals surface area contributed by atoms with E-state index >= 15 is 0 Å². The zero-order chi connectivity index (χ0) is 15.8. The lowest BCUT2D eigenvalue weighted by Gasteiger charge is -2.14. The minimum Gasteiger partial charge on any atom is -0.483 e. The van der Waals surface area contributed by atoms with E-state index in [-0.39, 0.29) is 5.95 Å². The van der Waals surface area contributed by atoms with Gasteiger partial charge >= 0.3 is 0 Å². The highest BCUT2D eigenvalue weighted by Crippen LogP contribution is 2.27. The normalized spacial score (nSPS) is 10.5. The maximum absolute atomic E-state index is 5.92. The van der Waals surface area contributed by atoms with E-state index < -0.39 is 0 Å². The maximum atomic E-state index is 5.92. The molecule has 0 fully saturated rings. The van der Waals surface area contributed by atoms with Crippen LogP contribution in [0.15, 0.2) is 30.3 Å². The van der Waals surface area contributed by atoms with Crippen LogP contribution < -0.4 is 15.8 Å². The van der Waals surface area contributed by atoms with Gasteiger partial charge in [0, 0.05) is 6.54 Å². The number of unbranched alkanes of at least 4 members (excludes halogenated alkanes) is 2. The summed E-state index contributed by atoms with van der Waals surface area (Å²) in [5.41, 5.74) is 7.61. The van der Waals surface area contributed by atoms with Crippen molar-refractivity contribution in [2.75, 3.05) is 17.6 Å². The molecule has 0 amide bonds. The average Bonchev–Trinajstić information content (AvgIpc) is 2.51. The van der Waals surface area contributed by atoms with Crippen LogP contribution in [0.1, 0.15) is 37.4 Å². The molecule has 22 heavy (non-hydrogen) atoms. The molecule has 5 heteroatoms. The summed E-state index contributed by atoms with van der Waals surface area (Å²) in [5.74, 6) is 1.62. The molecule has 0 aliphatic rings. The van der Waals surface area contributed by atoms with E-state index in [0.717, 1.165) is 24.2 Å². The molecule has 3 N–H and O–H groups in total. The molecule has 1 aromatic carbocycles. The van der Waals surface area contributed by atoms with Gasteiger partial charge in [-0.05, 0) is 18.9 Å². The third kappa shape index (κ3) is 4.62. The number of rotatable bonds is 8. The Kier molecular flexibility index (Phi) is 6.01. The summed E-state index contributed by atoms with van der Waals surface area (Å²) >= 11 is 0. The Labute approximate surface area is 131 Å². The van der Waals surface area contributed by atoms with E-state index in [1.54, 1.807) is 0 Å². The van der Waals surface area contributed by atoms with Gasteiger partial charge in [0.05, 0.1) is 5.69 Å². The van der Waals surface area contributed by atoms with Gasteiger partial charge < -0.3 is 15.8 Å². The van der Waals surface area contributed by atoms with Gasteiger partial charge in [0.15, 0.2) is 11.6 Å². The number of aromatic nitrogens is 2. The second kappa shape index (κ2) is 8.22. The Balaban J connectivity index is 2.07. The van der Waals surface area contributed by atoms with Crippen LogP contribution in [0.5, 0.6) is 5.75 Å². The second-order valence-corrected chi connectivity index (χ2v) is 5.25. The fraction of sp³-hybridized carbons (Fsp3) is 0.412. The molecule has 1 aromatic heterocycles. The molecule has 0 radical (unpaired) electrons. The van der Waals surface area contributed by atoms with E-state index in [1.807, 2.05) is 37.3 Å². The van der Waals surface area contributed by atoms with Crippen molar-refractivity contribution in [3.63, 3.8) is 0 Å². The molecule has 0 saturated heterocycles. The molecule has 0 aliphatic carbocycles. The zero-order valence-corrected chi connectivity index (χ0v) is 13.3. The van der Waals surface area contributed by atoms with Crippen molar-refractivity contribution in [2.24, 2.45) is 0 Å². The molecule has 2 aromatic rings. The van der Waals surface area contributed by atoms with Gasteiger partial charge in [-0.3, -0.25) is 0 Å². The molecule has 5 nitrogen and oxygen atoms in total. The molecule has 0 spiro atoms. The van der Waals surface area contributed by atoms with Crippen molar-refractivity contribution in [1.82, 2.24) is 9.97 Å². The van der Waals surface area contributed by atoms with Crippen LogP contribution in [0.3, 0.4) is 0 Å². The van der Waals surface area contributed by atoms with Gasteiger partial charge in [0.1, 0.15) is 6.61 Å². The summed E-state index contributed by atoms with van der Waals surface area (Å²) in [6.07, 6.45) is 3.47. The van der Waals surface area contributed by atoms with Crippen LogP contribution >= 0.6 is 0 Å². The Bertz CT molecular complexity index is 587. The first-order valence-corrected chi connectivity index (χ1v) is 7.75. The van der Waals surface area contributed by atoms with Gasteiger partial charge in [0.2, 0.25) is 5.95 Å². The third-order valence-corrected chi connectivity index (χ3v) is 3.35. The van der Waals surface area contributed by atoms with E-state index in [2.05, 4.69) is 22.2 Å². The fourth-order valence-electron chi connectivity index (χ4n) is 2.19. The molecule has 0 bridgehead atoms. The minimum atomic E-state index is 0.266. The number of aryl methyl sites for hydroxylation is 1. The van der Waals surface area contributed by atoms with E-state index in [4.69, 9.17) is 10.5 Å². The number of hydrogen-bond acceptors (Lipinski definition) is 5. The second-order valence-electron chi connectivity index (χ2n) is 5.25. The van der Waals surface area contributed by atoms with Crippen LogP contribution in [-0.4, -0.2) is 16.5 Å². The van der Waals surface area contributed by atoms with Crippen molar-refractivity contribution >= 4 is 11.8 Å². The lowest BCUT2D eigenvalue weighted by Crippen LogP contribution is -2.10. The van der Waals surface area contributed by atoms with Gasteiger partial charge in [0.25, 0.3) is 0 Å². The van der Waals surface area contributed by atoms with Gasteiger partial charge in [-0.15, -0.1) is 0 Å². The Morgan fingerprint density at radius 1 is 1.14 bits per heavy atom. The van der Waals surface area contributed by atoms with Gasteiger partial charge in [-0.25, -0.2) is 4.98 Å². The largest absolute Gasteiger partial charge is 0.483 e. The van der Waals surface area contributed by atoms with Crippen LogP contribution in [0.2, 0.25) is 0 Å². The summed E-state index contributed by atoms with van der Waals surface area (Å²) in [6, 6.07) is 10.0. The number of anilines is 2. The van der Waals surface area contributed by atoms with Crippen molar-refractivity contribution < 1.29 is 4.74 Å². The minimum absolute atomic E-state index is 0.266. The molecular formula is C17H24N4O. The van der Waals surface area contributed by atoms with Gasteiger partial charge in [-0.1, -0.05) is 50.1 Å². The van der Waals surface area contributed by atoms with Crippen LogP contribution in [-0.2, 0) is 6.61 Å². The molecule has 118 valence electrons. The van der Waals surface area contributed by atoms with Gasteiger partial charge in [-0.2, -0.15) is 4.98 Å². The number of nitrogen functional groups attached to an aromatic ring is 1. The Hall–Kier alpha value is -2.30. The predicted molar refractivity (Wildman–Crippen MR) is 90.0 cm³/mol. The molecule has 0 atom stereocenters. The number of ether oxygens (including phenoxy) is 1. The van der Waals surface area contributed by atoms with Crippen LogP contribution in [0.4, 0.5) is 11.8 Å².